The molecule has 0 aliphatic carbocycles. The third-order valence-corrected chi connectivity index (χ3v) is 3.55. The van der Waals surface area contributed by atoms with E-state index in [2.05, 4.69) is 10.2 Å². The first-order chi connectivity index (χ1) is 10.2. The Bertz CT molecular complexity index is 441. The number of hydrogen-bond donors (Lipinski definition) is 1. The number of aryl methyl sites for hydroxylation is 1. The number of furan rings is 1. The Balaban J connectivity index is 1.89. The van der Waals surface area contributed by atoms with Crippen molar-refractivity contribution >= 4 is 6.03 Å². The Hall–Kier alpha value is -1.53. The molecule has 1 N–H and O–H groups in total. The summed E-state index contributed by atoms with van der Waals surface area (Å²) >= 11 is 0. The molecule has 2 heterocycles. The zero-order valence-electron chi connectivity index (χ0n) is 12.9. The van der Waals surface area contributed by atoms with Gasteiger partial charge in [-0.2, -0.15) is 0 Å². The lowest BCUT2D eigenvalue weighted by molar-refractivity contribution is 0.0344. The van der Waals surface area contributed by atoms with Crippen LogP contribution in [0.1, 0.15) is 18.4 Å². The second-order valence-corrected chi connectivity index (χ2v) is 5.22. The van der Waals surface area contributed by atoms with Gasteiger partial charge in [-0.3, -0.25) is 4.90 Å². The topological polar surface area (TPSA) is 58.0 Å². The largest absolute Gasteiger partial charge is 0.464 e. The monoisotopic (exact) mass is 295 g/mol. The molecule has 6 heteroatoms. The van der Waals surface area contributed by atoms with E-state index < -0.39 is 0 Å². The van der Waals surface area contributed by atoms with E-state index in [1.165, 1.54) is 0 Å². The van der Waals surface area contributed by atoms with Crippen molar-refractivity contribution in [2.24, 2.45) is 0 Å². The van der Waals surface area contributed by atoms with Gasteiger partial charge in [-0.05, 0) is 26.0 Å². The number of nitrogens with zero attached hydrogens (tertiary/aromatic N) is 2. The van der Waals surface area contributed by atoms with Crippen LogP contribution < -0.4 is 5.32 Å². The first kappa shape index (κ1) is 15.9. The molecule has 0 unspecified atom stereocenters. The Labute approximate surface area is 126 Å². The first-order valence-corrected chi connectivity index (χ1v) is 7.57. The number of morpholine rings is 1. The summed E-state index contributed by atoms with van der Waals surface area (Å²) in [6, 6.07) is 3.81. The third-order valence-electron chi connectivity index (χ3n) is 3.55. The summed E-state index contributed by atoms with van der Waals surface area (Å²) in [7, 11) is 0. The standard InChI is InChI=1S/C15H25N3O3/c1-3-16-15(19)18(12-14-5-4-13(2)21-14)7-6-17-8-10-20-11-9-17/h4-5H,3,6-12H2,1-2H3,(H,16,19). The van der Waals surface area contributed by atoms with E-state index in [9.17, 15) is 4.79 Å². The molecular formula is C15H25N3O3. The molecule has 21 heavy (non-hydrogen) atoms. The average Bonchev–Trinajstić information content (AvgIpc) is 2.90. The van der Waals surface area contributed by atoms with Crippen LogP contribution in [0.15, 0.2) is 16.5 Å². The third kappa shape index (κ3) is 5.06. The smallest absolute Gasteiger partial charge is 0.317 e. The number of amides is 2. The molecule has 6 nitrogen and oxygen atoms in total. The van der Waals surface area contributed by atoms with Crippen molar-refractivity contribution in [1.82, 2.24) is 15.1 Å². The summed E-state index contributed by atoms with van der Waals surface area (Å²) in [6.45, 7) is 9.94. The highest BCUT2D eigenvalue weighted by Gasteiger charge is 2.17. The summed E-state index contributed by atoms with van der Waals surface area (Å²) in [5, 5.41) is 2.86. The molecule has 2 amide bonds. The molecule has 0 aromatic carbocycles. The Morgan fingerprint density at radius 1 is 1.38 bits per heavy atom. The van der Waals surface area contributed by atoms with Crippen molar-refractivity contribution in [2.45, 2.75) is 20.4 Å². The van der Waals surface area contributed by atoms with Gasteiger partial charge in [-0.1, -0.05) is 0 Å². The minimum Gasteiger partial charge on any atom is -0.464 e. The van der Waals surface area contributed by atoms with E-state index in [1.807, 2.05) is 26.0 Å². The Morgan fingerprint density at radius 2 is 2.14 bits per heavy atom. The number of hydrogen-bond acceptors (Lipinski definition) is 4. The molecule has 0 spiro atoms. The lowest BCUT2D eigenvalue weighted by Crippen LogP contribution is -2.45. The molecule has 2 rings (SSSR count). The Kier molecular flexibility index (Phi) is 6.07. The average molecular weight is 295 g/mol. The molecule has 1 aliphatic heterocycles. The van der Waals surface area contributed by atoms with Crippen molar-refractivity contribution in [2.75, 3.05) is 45.9 Å². The Morgan fingerprint density at radius 3 is 2.76 bits per heavy atom. The van der Waals surface area contributed by atoms with Crippen LogP contribution in [0.2, 0.25) is 0 Å². The highest BCUT2D eigenvalue weighted by Crippen LogP contribution is 2.10. The maximum absolute atomic E-state index is 12.2. The van der Waals surface area contributed by atoms with Crippen LogP contribution in [0, 0.1) is 6.92 Å². The van der Waals surface area contributed by atoms with E-state index in [-0.39, 0.29) is 6.03 Å². The normalized spacial score (nSPS) is 15.9. The van der Waals surface area contributed by atoms with Crippen LogP contribution in [-0.4, -0.2) is 61.8 Å². The number of carbonyl (C=O) groups excluding carboxylic acids is 1. The van der Waals surface area contributed by atoms with E-state index in [1.54, 1.807) is 4.90 Å². The van der Waals surface area contributed by atoms with E-state index in [0.717, 1.165) is 44.4 Å². The number of rotatable bonds is 6. The van der Waals surface area contributed by atoms with Gasteiger partial charge < -0.3 is 19.4 Å². The van der Waals surface area contributed by atoms with Gasteiger partial charge >= 0.3 is 6.03 Å². The molecule has 0 atom stereocenters. The van der Waals surface area contributed by atoms with Crippen LogP contribution >= 0.6 is 0 Å². The number of ether oxygens (including phenoxy) is 1. The van der Waals surface area contributed by atoms with Crippen molar-refractivity contribution in [1.29, 1.82) is 0 Å². The maximum Gasteiger partial charge on any atom is 0.317 e. The van der Waals surface area contributed by atoms with Crippen LogP contribution in [0.4, 0.5) is 4.79 Å². The molecule has 0 bridgehead atoms. The molecule has 0 radical (unpaired) electrons. The summed E-state index contributed by atoms with van der Waals surface area (Å²) < 4.78 is 10.9. The zero-order valence-corrected chi connectivity index (χ0v) is 12.9. The molecule has 0 saturated carbocycles. The fraction of sp³-hybridized carbons (Fsp3) is 0.667. The maximum atomic E-state index is 12.2. The van der Waals surface area contributed by atoms with E-state index >= 15 is 0 Å². The van der Waals surface area contributed by atoms with E-state index in [0.29, 0.717) is 19.6 Å². The van der Waals surface area contributed by atoms with Crippen molar-refractivity contribution in [3.05, 3.63) is 23.7 Å². The summed E-state index contributed by atoms with van der Waals surface area (Å²) in [5.74, 6) is 1.69. The van der Waals surface area contributed by atoms with Crippen LogP contribution in [0.3, 0.4) is 0 Å². The molecular weight excluding hydrogens is 270 g/mol. The zero-order chi connectivity index (χ0) is 15.1. The van der Waals surface area contributed by atoms with Crippen molar-refractivity contribution in [3.63, 3.8) is 0 Å². The summed E-state index contributed by atoms with van der Waals surface area (Å²) in [4.78, 5) is 16.3. The van der Waals surface area contributed by atoms with Gasteiger partial charge in [0.25, 0.3) is 0 Å². The van der Waals surface area contributed by atoms with Gasteiger partial charge in [-0.15, -0.1) is 0 Å². The minimum absolute atomic E-state index is 0.0418. The quantitative estimate of drug-likeness (QED) is 0.863. The second-order valence-electron chi connectivity index (χ2n) is 5.22. The van der Waals surface area contributed by atoms with Crippen molar-refractivity contribution < 1.29 is 13.9 Å². The van der Waals surface area contributed by atoms with Crippen molar-refractivity contribution in [3.8, 4) is 0 Å². The SMILES string of the molecule is CCNC(=O)N(CCN1CCOCC1)Cc1ccc(C)o1. The fourth-order valence-corrected chi connectivity index (χ4v) is 2.36. The molecule has 1 saturated heterocycles. The highest BCUT2D eigenvalue weighted by atomic mass is 16.5. The molecule has 118 valence electrons. The minimum atomic E-state index is -0.0418. The lowest BCUT2D eigenvalue weighted by atomic mass is 10.3. The molecule has 1 aromatic heterocycles. The van der Waals surface area contributed by atoms with Crippen LogP contribution in [-0.2, 0) is 11.3 Å². The summed E-state index contributed by atoms with van der Waals surface area (Å²) in [5.41, 5.74) is 0. The van der Waals surface area contributed by atoms with Gasteiger partial charge in [0, 0.05) is 32.7 Å². The first-order valence-electron chi connectivity index (χ1n) is 7.57. The number of urea groups is 1. The van der Waals surface area contributed by atoms with Gasteiger partial charge in [0.1, 0.15) is 11.5 Å². The predicted octanol–water partition coefficient (Wildman–Crippen LogP) is 1.45. The van der Waals surface area contributed by atoms with Gasteiger partial charge in [0.15, 0.2) is 0 Å². The second kappa shape index (κ2) is 8.05. The molecule has 1 aromatic rings. The van der Waals surface area contributed by atoms with Crippen LogP contribution in [0.5, 0.6) is 0 Å². The summed E-state index contributed by atoms with van der Waals surface area (Å²) in [6.07, 6.45) is 0. The van der Waals surface area contributed by atoms with Gasteiger partial charge in [0.2, 0.25) is 0 Å². The fourth-order valence-electron chi connectivity index (χ4n) is 2.36. The number of carbonyl (C=O) groups is 1. The van der Waals surface area contributed by atoms with Gasteiger partial charge in [0.05, 0.1) is 19.8 Å². The van der Waals surface area contributed by atoms with Gasteiger partial charge in [-0.25, -0.2) is 4.79 Å². The van der Waals surface area contributed by atoms with E-state index in [4.69, 9.17) is 9.15 Å². The predicted molar refractivity (Wildman–Crippen MR) is 80.2 cm³/mol. The molecule has 1 fully saturated rings. The number of nitrogens with one attached hydrogen (secondary N) is 1. The lowest BCUT2D eigenvalue weighted by Gasteiger charge is -2.29. The molecule has 1 aliphatic rings. The van der Waals surface area contributed by atoms with Crippen LogP contribution in [0.25, 0.3) is 0 Å². The highest BCUT2D eigenvalue weighted by molar-refractivity contribution is 5.74.